The van der Waals surface area contributed by atoms with Crippen LogP contribution >= 0.6 is 11.8 Å². The van der Waals surface area contributed by atoms with Crippen LogP contribution in [-0.4, -0.2) is 34.6 Å². The van der Waals surface area contributed by atoms with Gasteiger partial charge >= 0.3 is 0 Å². The quantitative estimate of drug-likeness (QED) is 0.850. The van der Waals surface area contributed by atoms with Crippen molar-refractivity contribution in [3.05, 3.63) is 11.9 Å². The summed E-state index contributed by atoms with van der Waals surface area (Å²) >= 11 is 1.99. The Hall–Kier alpha value is -0.970. The third-order valence-electron chi connectivity index (χ3n) is 2.60. The Balaban J connectivity index is 2.25. The summed E-state index contributed by atoms with van der Waals surface area (Å²) in [6.07, 6.45) is 0. The largest absolute Gasteiger partial charge is 0.384 e. The minimum Gasteiger partial charge on any atom is -0.384 e. The zero-order chi connectivity index (χ0) is 11.5. The second-order valence-corrected chi connectivity index (χ2v) is 5.49. The van der Waals surface area contributed by atoms with Gasteiger partial charge in [-0.1, -0.05) is 13.8 Å². The molecule has 4 nitrogen and oxygen atoms in total. The van der Waals surface area contributed by atoms with E-state index in [0.717, 1.165) is 24.7 Å². The van der Waals surface area contributed by atoms with Crippen LogP contribution in [0.15, 0.2) is 6.07 Å². The van der Waals surface area contributed by atoms with Gasteiger partial charge in [0.15, 0.2) is 0 Å². The molecule has 1 saturated heterocycles. The lowest BCUT2D eigenvalue weighted by atomic mass is 10.2. The van der Waals surface area contributed by atoms with Crippen LogP contribution in [-0.2, 0) is 0 Å². The van der Waals surface area contributed by atoms with Crippen molar-refractivity contribution >= 4 is 23.4 Å². The number of thioether (sulfide) groups is 1. The van der Waals surface area contributed by atoms with Crippen LogP contribution in [0.2, 0.25) is 0 Å². The molecule has 88 valence electrons. The van der Waals surface area contributed by atoms with Gasteiger partial charge in [-0.05, 0) is 0 Å². The van der Waals surface area contributed by atoms with Gasteiger partial charge in [0.25, 0.3) is 0 Å². The highest BCUT2D eigenvalue weighted by Crippen LogP contribution is 2.21. The summed E-state index contributed by atoms with van der Waals surface area (Å²) in [4.78, 5) is 11.1. The van der Waals surface area contributed by atoms with Gasteiger partial charge in [0, 0.05) is 36.6 Å². The highest BCUT2D eigenvalue weighted by atomic mass is 32.2. The van der Waals surface area contributed by atoms with Crippen LogP contribution in [0.4, 0.5) is 11.6 Å². The molecule has 2 rings (SSSR count). The van der Waals surface area contributed by atoms with Crippen LogP contribution < -0.4 is 10.6 Å². The Morgan fingerprint density at radius 2 is 2.00 bits per heavy atom. The van der Waals surface area contributed by atoms with Crippen LogP contribution in [0.25, 0.3) is 0 Å². The normalized spacial score (nSPS) is 16.8. The highest BCUT2D eigenvalue weighted by molar-refractivity contribution is 7.99. The number of anilines is 2. The van der Waals surface area contributed by atoms with Gasteiger partial charge < -0.3 is 10.6 Å². The molecule has 0 atom stereocenters. The van der Waals surface area contributed by atoms with Gasteiger partial charge in [-0.25, -0.2) is 9.97 Å². The molecule has 0 radical (unpaired) electrons. The number of rotatable bonds is 2. The summed E-state index contributed by atoms with van der Waals surface area (Å²) in [5.74, 6) is 5.06. The number of aromatic nitrogens is 2. The summed E-state index contributed by atoms with van der Waals surface area (Å²) in [5, 5.41) is 0. The first-order valence-electron chi connectivity index (χ1n) is 5.64. The van der Waals surface area contributed by atoms with E-state index in [4.69, 9.17) is 5.73 Å². The first-order chi connectivity index (χ1) is 7.66. The molecule has 1 aromatic rings. The van der Waals surface area contributed by atoms with Gasteiger partial charge in [0.05, 0.1) is 0 Å². The Bertz CT molecular complexity index is 361. The molecule has 1 aliphatic rings. The molecule has 0 bridgehead atoms. The summed E-state index contributed by atoms with van der Waals surface area (Å²) in [7, 11) is 0. The summed E-state index contributed by atoms with van der Waals surface area (Å²) in [5.41, 5.74) is 5.82. The van der Waals surface area contributed by atoms with Crippen molar-refractivity contribution in [2.75, 3.05) is 35.2 Å². The summed E-state index contributed by atoms with van der Waals surface area (Å²) in [6.45, 7) is 6.28. The molecule has 1 fully saturated rings. The van der Waals surface area contributed by atoms with E-state index in [9.17, 15) is 0 Å². The van der Waals surface area contributed by atoms with Crippen LogP contribution in [0.1, 0.15) is 25.6 Å². The number of hydrogen-bond donors (Lipinski definition) is 1. The predicted molar refractivity (Wildman–Crippen MR) is 70.1 cm³/mol. The zero-order valence-electron chi connectivity index (χ0n) is 9.81. The Morgan fingerprint density at radius 1 is 1.31 bits per heavy atom. The van der Waals surface area contributed by atoms with Gasteiger partial charge in [-0.2, -0.15) is 11.8 Å². The lowest BCUT2D eigenvalue weighted by molar-refractivity contribution is 0.757. The van der Waals surface area contributed by atoms with E-state index in [0.29, 0.717) is 11.7 Å². The SMILES string of the molecule is CC(C)c1nc(N)cc(N2CCSCC2)n1. The van der Waals surface area contributed by atoms with E-state index < -0.39 is 0 Å². The summed E-state index contributed by atoms with van der Waals surface area (Å²) < 4.78 is 0. The smallest absolute Gasteiger partial charge is 0.135 e. The molecular formula is C11H18N4S. The van der Waals surface area contributed by atoms with Crippen LogP contribution in [0.3, 0.4) is 0 Å². The molecule has 1 aliphatic heterocycles. The maximum absolute atomic E-state index is 5.82. The number of nitrogens with zero attached hydrogens (tertiary/aromatic N) is 3. The fraction of sp³-hybridized carbons (Fsp3) is 0.636. The molecule has 0 aliphatic carbocycles. The second-order valence-electron chi connectivity index (χ2n) is 4.26. The van der Waals surface area contributed by atoms with Gasteiger partial charge in [-0.3, -0.25) is 0 Å². The van der Waals surface area contributed by atoms with Gasteiger partial charge in [-0.15, -0.1) is 0 Å². The second kappa shape index (κ2) is 4.91. The molecular weight excluding hydrogens is 220 g/mol. The molecule has 0 aromatic carbocycles. The van der Waals surface area contributed by atoms with Gasteiger partial charge in [0.1, 0.15) is 17.5 Å². The highest BCUT2D eigenvalue weighted by Gasteiger charge is 2.15. The summed E-state index contributed by atoms with van der Waals surface area (Å²) in [6, 6.07) is 1.88. The van der Waals surface area contributed by atoms with Crippen molar-refractivity contribution < 1.29 is 0 Å². The van der Waals surface area contributed by atoms with Crippen molar-refractivity contribution in [2.24, 2.45) is 0 Å². The van der Waals surface area contributed by atoms with E-state index in [1.807, 2.05) is 17.8 Å². The fourth-order valence-electron chi connectivity index (χ4n) is 1.68. The number of nitrogens with two attached hydrogens (primary N) is 1. The molecule has 0 spiro atoms. The molecule has 1 aromatic heterocycles. The van der Waals surface area contributed by atoms with E-state index in [2.05, 4.69) is 28.7 Å². The molecule has 16 heavy (non-hydrogen) atoms. The zero-order valence-corrected chi connectivity index (χ0v) is 10.6. The average Bonchev–Trinajstić information content (AvgIpc) is 2.29. The standard InChI is InChI=1S/C11H18N4S/c1-8(2)11-13-9(12)7-10(14-11)15-3-5-16-6-4-15/h7-8H,3-6H2,1-2H3,(H2,12,13,14). The maximum Gasteiger partial charge on any atom is 0.135 e. The first kappa shape index (κ1) is 11.5. The predicted octanol–water partition coefficient (Wildman–Crippen LogP) is 1.74. The van der Waals surface area contributed by atoms with E-state index in [-0.39, 0.29) is 0 Å². The van der Waals surface area contributed by atoms with E-state index >= 15 is 0 Å². The van der Waals surface area contributed by atoms with Crippen molar-refractivity contribution in [1.82, 2.24) is 9.97 Å². The average molecular weight is 238 g/mol. The molecule has 0 amide bonds. The first-order valence-corrected chi connectivity index (χ1v) is 6.79. The van der Waals surface area contributed by atoms with Crippen molar-refractivity contribution in [1.29, 1.82) is 0 Å². The van der Waals surface area contributed by atoms with Crippen molar-refractivity contribution in [3.63, 3.8) is 0 Å². The Labute approximate surface area is 101 Å². The Morgan fingerprint density at radius 3 is 2.62 bits per heavy atom. The monoisotopic (exact) mass is 238 g/mol. The van der Waals surface area contributed by atoms with Crippen LogP contribution in [0.5, 0.6) is 0 Å². The van der Waals surface area contributed by atoms with Crippen molar-refractivity contribution in [2.45, 2.75) is 19.8 Å². The molecule has 0 unspecified atom stereocenters. The third kappa shape index (κ3) is 2.58. The van der Waals surface area contributed by atoms with Gasteiger partial charge in [0.2, 0.25) is 0 Å². The lowest BCUT2D eigenvalue weighted by Gasteiger charge is -2.27. The molecule has 2 heterocycles. The molecule has 5 heteroatoms. The minimum absolute atomic E-state index is 0.321. The third-order valence-corrected chi connectivity index (χ3v) is 3.54. The molecule has 0 saturated carbocycles. The minimum atomic E-state index is 0.321. The fourth-order valence-corrected chi connectivity index (χ4v) is 2.59. The Kier molecular flexibility index (Phi) is 3.53. The number of nitrogen functional groups attached to an aromatic ring is 1. The van der Waals surface area contributed by atoms with E-state index in [1.54, 1.807) is 0 Å². The lowest BCUT2D eigenvalue weighted by Crippen LogP contribution is -2.33. The van der Waals surface area contributed by atoms with Crippen LogP contribution in [0, 0.1) is 0 Å². The number of hydrogen-bond acceptors (Lipinski definition) is 5. The topological polar surface area (TPSA) is 55.0 Å². The maximum atomic E-state index is 5.82. The van der Waals surface area contributed by atoms with Crippen molar-refractivity contribution in [3.8, 4) is 0 Å². The molecule has 2 N–H and O–H groups in total. The van der Waals surface area contributed by atoms with E-state index in [1.165, 1.54) is 11.5 Å².